The number of carbonyl (C=O) groups is 1. The highest BCUT2D eigenvalue weighted by Crippen LogP contribution is 2.13. The Morgan fingerprint density at radius 3 is 2.58 bits per heavy atom. The Balaban J connectivity index is 2.62. The van der Waals surface area contributed by atoms with Crippen molar-refractivity contribution in [2.75, 3.05) is 7.11 Å². The van der Waals surface area contributed by atoms with Gasteiger partial charge in [0, 0.05) is 12.0 Å². The molecule has 19 heavy (non-hydrogen) atoms. The second kappa shape index (κ2) is 7.38. The van der Waals surface area contributed by atoms with Gasteiger partial charge in [-0.15, -0.1) is 5.10 Å². The smallest absolute Gasteiger partial charge is 0.305 e. The molecule has 0 aromatic heterocycles. The number of ether oxygens (including phenoxy) is 1. The van der Waals surface area contributed by atoms with Gasteiger partial charge in [0.25, 0.3) is 0 Å². The molecule has 0 aliphatic rings. The van der Waals surface area contributed by atoms with E-state index in [4.69, 9.17) is 11.6 Å². The molecule has 0 aliphatic heterocycles. The van der Waals surface area contributed by atoms with Crippen LogP contribution >= 0.6 is 0 Å². The van der Waals surface area contributed by atoms with Crippen LogP contribution in [0.15, 0.2) is 29.4 Å². The first kappa shape index (κ1) is 15.0. The lowest BCUT2D eigenvalue weighted by Crippen LogP contribution is -2.22. The molecular weight excluding hydrogens is 244 g/mol. The van der Waals surface area contributed by atoms with Crippen LogP contribution in [0.25, 0.3) is 0 Å². The third kappa shape index (κ3) is 4.97. The summed E-state index contributed by atoms with van der Waals surface area (Å²) in [5, 5.41) is 3.70. The second-order valence-corrected chi connectivity index (χ2v) is 4.41. The Labute approximate surface area is 112 Å². The Morgan fingerprint density at radius 1 is 1.42 bits per heavy atom. The molecule has 1 unspecified atom stereocenters. The average Bonchev–Trinajstić information content (AvgIpc) is 2.39. The number of amidine groups is 1. The Kier molecular flexibility index (Phi) is 5.81. The Morgan fingerprint density at radius 2 is 2.05 bits per heavy atom. The maximum atomic E-state index is 11.2. The van der Waals surface area contributed by atoms with E-state index in [2.05, 4.69) is 15.4 Å². The fraction of sp³-hybridized carbons (Fsp3) is 0.385. The van der Waals surface area contributed by atoms with E-state index in [0.29, 0.717) is 12.3 Å². The normalized spacial score (nSPS) is 12.9. The van der Waals surface area contributed by atoms with Crippen molar-refractivity contribution >= 4 is 11.8 Å². The second-order valence-electron chi connectivity index (χ2n) is 4.41. The molecule has 6 heteroatoms. The summed E-state index contributed by atoms with van der Waals surface area (Å²) in [5.41, 5.74) is 9.77. The molecule has 0 radical (unpaired) electrons. The van der Waals surface area contributed by atoms with Crippen molar-refractivity contribution in [3.05, 3.63) is 35.4 Å². The van der Waals surface area contributed by atoms with Crippen LogP contribution in [0, 0.1) is 5.92 Å². The minimum atomic E-state index is -0.186. The van der Waals surface area contributed by atoms with Gasteiger partial charge in [0.2, 0.25) is 0 Å². The van der Waals surface area contributed by atoms with Crippen molar-refractivity contribution in [3.63, 3.8) is 0 Å². The van der Waals surface area contributed by atoms with E-state index in [1.807, 2.05) is 31.2 Å². The molecule has 1 aromatic rings. The third-order valence-electron chi connectivity index (χ3n) is 2.76. The first-order valence-corrected chi connectivity index (χ1v) is 6.01. The van der Waals surface area contributed by atoms with Crippen molar-refractivity contribution in [1.82, 2.24) is 5.53 Å². The van der Waals surface area contributed by atoms with Gasteiger partial charge in [-0.25, -0.2) is 11.4 Å². The van der Waals surface area contributed by atoms with Gasteiger partial charge >= 0.3 is 5.97 Å². The summed E-state index contributed by atoms with van der Waals surface area (Å²) in [6, 6.07) is 7.66. The van der Waals surface area contributed by atoms with Crippen LogP contribution in [0.2, 0.25) is 0 Å². The summed E-state index contributed by atoms with van der Waals surface area (Å²) < 4.78 is 4.65. The van der Waals surface area contributed by atoms with Gasteiger partial charge in [-0.3, -0.25) is 4.79 Å². The fourth-order valence-corrected chi connectivity index (χ4v) is 1.79. The Bertz CT molecular complexity index is 442. The molecule has 0 saturated heterocycles. The van der Waals surface area contributed by atoms with Crippen molar-refractivity contribution in [2.24, 2.45) is 22.6 Å². The zero-order valence-electron chi connectivity index (χ0n) is 11.2. The standard InChI is InChI=1S/C13H20N4O2/c1-9(8-12(18)19-2)7-10-3-5-11(6-4-10)13(14)16-17-15/h3-6,9,17H,7-8,15H2,1-2H3,(H2,14,16). The van der Waals surface area contributed by atoms with Crippen molar-refractivity contribution in [1.29, 1.82) is 0 Å². The largest absolute Gasteiger partial charge is 0.469 e. The van der Waals surface area contributed by atoms with Gasteiger partial charge in [-0.05, 0) is 17.9 Å². The first-order chi connectivity index (χ1) is 9.06. The van der Waals surface area contributed by atoms with Gasteiger partial charge in [0.1, 0.15) is 0 Å². The molecule has 0 spiro atoms. The molecule has 1 atom stereocenters. The topological polar surface area (TPSA) is 103 Å². The van der Waals surface area contributed by atoms with Crippen LogP contribution in [0.5, 0.6) is 0 Å². The minimum absolute atomic E-state index is 0.186. The van der Waals surface area contributed by atoms with Crippen LogP contribution in [0.4, 0.5) is 0 Å². The highest BCUT2D eigenvalue weighted by molar-refractivity contribution is 5.97. The maximum absolute atomic E-state index is 11.2. The van der Waals surface area contributed by atoms with Gasteiger partial charge in [-0.2, -0.15) is 0 Å². The number of nitrogens with zero attached hydrogens (tertiary/aromatic N) is 1. The predicted octanol–water partition coefficient (Wildman–Crippen LogP) is 0.512. The number of methoxy groups -OCH3 is 1. The van der Waals surface area contributed by atoms with E-state index >= 15 is 0 Å². The molecule has 1 aromatic carbocycles. The number of hydrogen-bond acceptors (Lipinski definition) is 5. The Hall–Kier alpha value is -2.08. The lowest BCUT2D eigenvalue weighted by Gasteiger charge is -2.10. The number of rotatable bonds is 6. The molecule has 0 heterocycles. The van der Waals surface area contributed by atoms with E-state index in [9.17, 15) is 4.79 Å². The fourth-order valence-electron chi connectivity index (χ4n) is 1.79. The molecule has 0 fully saturated rings. The number of esters is 1. The summed E-state index contributed by atoms with van der Waals surface area (Å²) in [4.78, 5) is 11.2. The van der Waals surface area contributed by atoms with Crippen LogP contribution < -0.4 is 17.1 Å². The molecule has 1 rings (SSSR count). The number of hydrogen-bond donors (Lipinski definition) is 3. The minimum Gasteiger partial charge on any atom is -0.469 e. The third-order valence-corrected chi connectivity index (χ3v) is 2.76. The average molecular weight is 264 g/mol. The lowest BCUT2D eigenvalue weighted by molar-refractivity contribution is -0.141. The number of benzene rings is 1. The van der Waals surface area contributed by atoms with Crippen molar-refractivity contribution in [3.8, 4) is 0 Å². The highest BCUT2D eigenvalue weighted by Gasteiger charge is 2.10. The number of nitrogens with one attached hydrogen (secondary N) is 1. The van der Waals surface area contributed by atoms with Crippen LogP contribution in [0.3, 0.4) is 0 Å². The predicted molar refractivity (Wildman–Crippen MR) is 74.0 cm³/mol. The first-order valence-electron chi connectivity index (χ1n) is 6.01. The number of hydrazine groups is 1. The van der Waals surface area contributed by atoms with Gasteiger partial charge in [0.15, 0.2) is 5.84 Å². The number of carbonyl (C=O) groups excluding carboxylic acids is 1. The van der Waals surface area contributed by atoms with Gasteiger partial charge < -0.3 is 10.5 Å². The molecule has 0 saturated carbocycles. The lowest BCUT2D eigenvalue weighted by atomic mass is 9.97. The molecule has 6 nitrogen and oxygen atoms in total. The maximum Gasteiger partial charge on any atom is 0.305 e. The van der Waals surface area contributed by atoms with E-state index in [0.717, 1.165) is 17.5 Å². The molecule has 0 aliphatic carbocycles. The SMILES string of the molecule is COC(=O)CC(C)Cc1ccc(/C(N)=N/NN)cc1. The summed E-state index contributed by atoms with van der Waals surface area (Å²) in [7, 11) is 1.40. The van der Waals surface area contributed by atoms with E-state index in [1.165, 1.54) is 7.11 Å². The molecular formula is C13H20N4O2. The van der Waals surface area contributed by atoms with Crippen molar-refractivity contribution < 1.29 is 9.53 Å². The number of nitrogens with two attached hydrogens (primary N) is 2. The molecule has 5 N–H and O–H groups in total. The summed E-state index contributed by atoms with van der Waals surface area (Å²) in [6.07, 6.45) is 1.22. The van der Waals surface area contributed by atoms with E-state index in [-0.39, 0.29) is 11.9 Å². The van der Waals surface area contributed by atoms with Crippen LogP contribution in [-0.4, -0.2) is 18.9 Å². The van der Waals surface area contributed by atoms with Crippen molar-refractivity contribution in [2.45, 2.75) is 19.8 Å². The number of hydrazone groups is 1. The highest BCUT2D eigenvalue weighted by atomic mass is 16.5. The quantitative estimate of drug-likeness (QED) is 0.228. The molecule has 0 bridgehead atoms. The van der Waals surface area contributed by atoms with E-state index in [1.54, 1.807) is 0 Å². The van der Waals surface area contributed by atoms with Crippen LogP contribution in [-0.2, 0) is 16.0 Å². The summed E-state index contributed by atoms with van der Waals surface area (Å²) in [6.45, 7) is 2.01. The van der Waals surface area contributed by atoms with Gasteiger partial charge in [0.05, 0.1) is 7.11 Å². The zero-order valence-corrected chi connectivity index (χ0v) is 11.2. The summed E-state index contributed by atoms with van der Waals surface area (Å²) >= 11 is 0. The zero-order chi connectivity index (χ0) is 14.3. The van der Waals surface area contributed by atoms with Gasteiger partial charge in [-0.1, -0.05) is 31.2 Å². The molecule has 0 amide bonds. The summed E-state index contributed by atoms with van der Waals surface area (Å²) in [5.74, 6) is 5.44. The van der Waals surface area contributed by atoms with Crippen LogP contribution in [0.1, 0.15) is 24.5 Å². The van der Waals surface area contributed by atoms with E-state index < -0.39 is 0 Å². The monoisotopic (exact) mass is 264 g/mol. The molecule has 104 valence electrons.